The Balaban J connectivity index is 1.65. The maximum absolute atomic E-state index is 4.00. The van der Waals surface area contributed by atoms with Gasteiger partial charge >= 0.3 is 0 Å². The highest BCUT2D eigenvalue weighted by Gasteiger charge is 2.34. The van der Waals surface area contributed by atoms with Gasteiger partial charge < -0.3 is 5.32 Å². The molecule has 0 aromatic heterocycles. The van der Waals surface area contributed by atoms with Gasteiger partial charge in [0.05, 0.1) is 0 Å². The molecule has 2 unspecified atom stereocenters. The molecule has 1 heteroatoms. The van der Waals surface area contributed by atoms with Crippen molar-refractivity contribution in [3.05, 3.63) is 35.9 Å². The first-order valence-electron chi connectivity index (χ1n) is 9.11. The fourth-order valence-electron chi connectivity index (χ4n) is 4.60. The van der Waals surface area contributed by atoms with Gasteiger partial charge in [-0.25, -0.2) is 0 Å². The molecular formula is C20H31N. The van der Waals surface area contributed by atoms with E-state index < -0.39 is 0 Å². The summed E-state index contributed by atoms with van der Waals surface area (Å²) in [5, 5.41) is 4.00. The lowest BCUT2D eigenvalue weighted by Crippen LogP contribution is -2.42. The zero-order valence-electron chi connectivity index (χ0n) is 13.6. The standard InChI is InChI=1S/C20H31N/c1-2-20(14-8-9-15-20)16-21-19-13-7-6-12-18(19)17-10-4-3-5-11-17/h3-5,10-11,18-19,21H,2,6-9,12-16H2,1H3. The second kappa shape index (κ2) is 6.96. The molecule has 116 valence electrons. The van der Waals surface area contributed by atoms with Crippen molar-refractivity contribution < 1.29 is 0 Å². The van der Waals surface area contributed by atoms with Crippen molar-refractivity contribution in [3.8, 4) is 0 Å². The van der Waals surface area contributed by atoms with E-state index in [9.17, 15) is 0 Å². The van der Waals surface area contributed by atoms with Crippen LogP contribution < -0.4 is 5.32 Å². The number of nitrogens with one attached hydrogen (secondary N) is 1. The van der Waals surface area contributed by atoms with Crippen molar-refractivity contribution >= 4 is 0 Å². The fourth-order valence-corrected chi connectivity index (χ4v) is 4.60. The van der Waals surface area contributed by atoms with E-state index in [-0.39, 0.29) is 0 Å². The minimum atomic E-state index is 0.610. The highest BCUT2D eigenvalue weighted by molar-refractivity contribution is 5.22. The van der Waals surface area contributed by atoms with Gasteiger partial charge in [-0.2, -0.15) is 0 Å². The Bertz CT molecular complexity index is 419. The molecule has 3 rings (SSSR count). The molecule has 1 aromatic rings. The third kappa shape index (κ3) is 3.51. The quantitative estimate of drug-likeness (QED) is 0.777. The average Bonchev–Trinajstić information content (AvgIpc) is 3.04. The SMILES string of the molecule is CCC1(CNC2CCCCC2c2ccccc2)CCCC1. The summed E-state index contributed by atoms with van der Waals surface area (Å²) in [6.07, 6.45) is 12.7. The molecule has 2 aliphatic carbocycles. The van der Waals surface area contributed by atoms with Crippen LogP contribution in [0.25, 0.3) is 0 Å². The normalized spacial score (nSPS) is 28.6. The van der Waals surface area contributed by atoms with Crippen molar-refractivity contribution in [1.29, 1.82) is 0 Å². The number of rotatable bonds is 5. The molecule has 0 spiro atoms. The maximum Gasteiger partial charge on any atom is 0.0136 e. The Morgan fingerprint density at radius 2 is 1.71 bits per heavy atom. The van der Waals surface area contributed by atoms with Crippen LogP contribution in [0.3, 0.4) is 0 Å². The molecule has 0 bridgehead atoms. The largest absolute Gasteiger partial charge is 0.313 e. The zero-order valence-corrected chi connectivity index (χ0v) is 13.6. The first-order valence-corrected chi connectivity index (χ1v) is 9.11. The molecule has 0 heterocycles. The lowest BCUT2D eigenvalue weighted by molar-refractivity contribution is 0.229. The van der Waals surface area contributed by atoms with E-state index in [4.69, 9.17) is 0 Å². The van der Waals surface area contributed by atoms with Crippen molar-refractivity contribution in [2.75, 3.05) is 6.54 Å². The van der Waals surface area contributed by atoms with Crippen LogP contribution >= 0.6 is 0 Å². The lowest BCUT2D eigenvalue weighted by atomic mass is 9.78. The summed E-state index contributed by atoms with van der Waals surface area (Å²) in [7, 11) is 0. The average molecular weight is 285 g/mol. The van der Waals surface area contributed by atoms with Gasteiger partial charge in [0, 0.05) is 12.6 Å². The highest BCUT2D eigenvalue weighted by atomic mass is 14.9. The van der Waals surface area contributed by atoms with Crippen LogP contribution in [0, 0.1) is 5.41 Å². The Kier molecular flexibility index (Phi) is 5.00. The monoisotopic (exact) mass is 285 g/mol. The van der Waals surface area contributed by atoms with Gasteiger partial charge in [-0.15, -0.1) is 0 Å². The van der Waals surface area contributed by atoms with Gasteiger partial charge in [0.1, 0.15) is 0 Å². The molecular weight excluding hydrogens is 254 g/mol. The van der Waals surface area contributed by atoms with Crippen molar-refractivity contribution in [1.82, 2.24) is 5.32 Å². The first-order chi connectivity index (χ1) is 10.3. The molecule has 0 amide bonds. The van der Waals surface area contributed by atoms with Crippen LogP contribution in [0.4, 0.5) is 0 Å². The fraction of sp³-hybridized carbons (Fsp3) is 0.700. The van der Waals surface area contributed by atoms with Crippen molar-refractivity contribution in [3.63, 3.8) is 0 Å². The molecule has 1 aromatic carbocycles. The summed E-state index contributed by atoms with van der Waals surface area (Å²) in [6.45, 7) is 3.64. The van der Waals surface area contributed by atoms with Crippen LogP contribution in [0.15, 0.2) is 30.3 Å². The maximum atomic E-state index is 4.00. The minimum Gasteiger partial charge on any atom is -0.313 e. The minimum absolute atomic E-state index is 0.610. The van der Waals surface area contributed by atoms with Gasteiger partial charge in [-0.1, -0.05) is 62.9 Å². The third-order valence-electron chi connectivity index (χ3n) is 6.15. The summed E-state index contributed by atoms with van der Waals surface area (Å²) < 4.78 is 0. The highest BCUT2D eigenvalue weighted by Crippen LogP contribution is 2.41. The lowest BCUT2D eigenvalue weighted by Gasteiger charge is -2.36. The predicted octanol–water partition coefficient (Wildman–Crippen LogP) is 5.27. The first kappa shape index (κ1) is 15.1. The summed E-state index contributed by atoms with van der Waals surface area (Å²) in [5.41, 5.74) is 2.16. The summed E-state index contributed by atoms with van der Waals surface area (Å²) in [5.74, 6) is 0.732. The Morgan fingerprint density at radius 3 is 2.43 bits per heavy atom. The van der Waals surface area contributed by atoms with Gasteiger partial charge in [-0.05, 0) is 49.0 Å². The smallest absolute Gasteiger partial charge is 0.0136 e. The van der Waals surface area contributed by atoms with Crippen molar-refractivity contribution in [2.24, 2.45) is 5.41 Å². The Morgan fingerprint density at radius 1 is 1.00 bits per heavy atom. The summed E-state index contributed by atoms with van der Waals surface area (Å²) >= 11 is 0. The van der Waals surface area contributed by atoms with E-state index in [1.807, 2.05) is 0 Å². The van der Waals surface area contributed by atoms with Crippen LogP contribution in [0.5, 0.6) is 0 Å². The second-order valence-corrected chi connectivity index (χ2v) is 7.35. The molecule has 1 nitrogen and oxygen atoms in total. The molecule has 2 atom stereocenters. The number of hydrogen-bond donors (Lipinski definition) is 1. The number of hydrogen-bond acceptors (Lipinski definition) is 1. The van der Waals surface area contributed by atoms with Gasteiger partial charge in [0.25, 0.3) is 0 Å². The predicted molar refractivity (Wildman–Crippen MR) is 90.6 cm³/mol. The van der Waals surface area contributed by atoms with Crippen LogP contribution in [0.1, 0.15) is 76.2 Å². The van der Waals surface area contributed by atoms with Crippen LogP contribution in [0.2, 0.25) is 0 Å². The zero-order chi connectivity index (χ0) is 14.5. The molecule has 2 fully saturated rings. The van der Waals surface area contributed by atoms with Gasteiger partial charge in [0.15, 0.2) is 0 Å². The molecule has 0 radical (unpaired) electrons. The molecule has 2 aliphatic rings. The van der Waals surface area contributed by atoms with E-state index in [1.54, 1.807) is 5.56 Å². The van der Waals surface area contributed by atoms with E-state index in [0.717, 1.165) is 5.92 Å². The van der Waals surface area contributed by atoms with Gasteiger partial charge in [-0.3, -0.25) is 0 Å². The second-order valence-electron chi connectivity index (χ2n) is 7.35. The van der Waals surface area contributed by atoms with Gasteiger partial charge in [0.2, 0.25) is 0 Å². The van der Waals surface area contributed by atoms with Crippen LogP contribution in [-0.2, 0) is 0 Å². The Labute approximate surface area is 130 Å². The Hall–Kier alpha value is -0.820. The third-order valence-corrected chi connectivity index (χ3v) is 6.15. The summed E-state index contributed by atoms with van der Waals surface area (Å²) in [4.78, 5) is 0. The topological polar surface area (TPSA) is 12.0 Å². The van der Waals surface area contributed by atoms with Crippen LogP contribution in [-0.4, -0.2) is 12.6 Å². The summed E-state index contributed by atoms with van der Waals surface area (Å²) in [6, 6.07) is 11.9. The molecule has 1 N–H and O–H groups in total. The molecule has 2 saturated carbocycles. The van der Waals surface area contributed by atoms with E-state index in [0.29, 0.717) is 11.5 Å². The van der Waals surface area contributed by atoms with E-state index in [2.05, 4.69) is 42.6 Å². The van der Waals surface area contributed by atoms with E-state index >= 15 is 0 Å². The molecule has 0 saturated heterocycles. The van der Waals surface area contributed by atoms with E-state index in [1.165, 1.54) is 64.3 Å². The number of benzene rings is 1. The molecule has 21 heavy (non-hydrogen) atoms. The molecule has 0 aliphatic heterocycles. The van der Waals surface area contributed by atoms with Crippen molar-refractivity contribution in [2.45, 2.75) is 76.7 Å².